The number of methoxy groups -OCH3 is 3. The van der Waals surface area contributed by atoms with Gasteiger partial charge in [-0.05, 0) is 44.7 Å². The number of nitrogens with zero attached hydrogens (tertiary/aromatic N) is 1. The Morgan fingerprint density at radius 2 is 2.00 bits per heavy atom. The van der Waals surface area contributed by atoms with Gasteiger partial charge in [-0.15, -0.1) is 0 Å². The van der Waals surface area contributed by atoms with Crippen LogP contribution in [0.25, 0.3) is 0 Å². The van der Waals surface area contributed by atoms with E-state index in [4.69, 9.17) is 14.2 Å². The van der Waals surface area contributed by atoms with Gasteiger partial charge in [0.1, 0.15) is 17.2 Å². The fraction of sp³-hybridized carbons (Fsp3) is 0.632. The Kier molecular flexibility index (Phi) is 7.52. The third kappa shape index (κ3) is 4.64. The first-order valence-corrected chi connectivity index (χ1v) is 8.78. The van der Waals surface area contributed by atoms with Crippen LogP contribution in [0.4, 0.5) is 0 Å². The number of carbonyl (C=O) groups excluding carboxylic acids is 1. The molecule has 1 atom stereocenters. The van der Waals surface area contributed by atoms with Gasteiger partial charge in [-0.1, -0.05) is 0 Å². The second kappa shape index (κ2) is 9.63. The molecule has 1 N–H and O–H groups in total. The quantitative estimate of drug-likeness (QED) is 0.688. The molecule has 1 saturated heterocycles. The predicted octanol–water partition coefficient (Wildman–Crippen LogP) is 2.16. The van der Waals surface area contributed by atoms with Gasteiger partial charge in [0, 0.05) is 24.8 Å². The number of aliphatic hydroxyl groups is 1. The number of aliphatic hydroxyl groups excluding tert-OH is 1. The number of likely N-dealkylation sites (tertiary alicyclic amines) is 1. The number of hydrogen-bond acceptors (Lipinski definition) is 6. The van der Waals surface area contributed by atoms with Crippen molar-refractivity contribution in [2.75, 3.05) is 47.6 Å². The smallest absolute Gasteiger partial charge is 0.157 e. The van der Waals surface area contributed by atoms with Gasteiger partial charge >= 0.3 is 0 Å². The minimum Gasteiger partial charge on any atom is -0.496 e. The van der Waals surface area contributed by atoms with Crippen LogP contribution in [-0.2, 0) is 6.42 Å². The number of benzene rings is 1. The Morgan fingerprint density at radius 3 is 2.60 bits per heavy atom. The van der Waals surface area contributed by atoms with E-state index in [0.29, 0.717) is 28.7 Å². The number of hydrogen-bond donors (Lipinski definition) is 1. The molecular weight excluding hydrogens is 322 g/mol. The lowest BCUT2D eigenvalue weighted by Crippen LogP contribution is -2.37. The highest BCUT2D eigenvalue weighted by atomic mass is 16.5. The summed E-state index contributed by atoms with van der Waals surface area (Å²) in [5.41, 5.74) is 1.31. The highest BCUT2D eigenvalue weighted by Gasteiger charge is 2.22. The van der Waals surface area contributed by atoms with Crippen LogP contribution >= 0.6 is 0 Å². The largest absolute Gasteiger partial charge is 0.496 e. The second-order valence-electron chi connectivity index (χ2n) is 6.42. The van der Waals surface area contributed by atoms with Crippen molar-refractivity contribution in [2.45, 2.75) is 25.7 Å². The van der Waals surface area contributed by atoms with E-state index in [9.17, 15) is 9.90 Å². The van der Waals surface area contributed by atoms with E-state index < -0.39 is 0 Å². The molecule has 1 aliphatic heterocycles. The lowest BCUT2D eigenvalue weighted by atomic mass is 9.98. The van der Waals surface area contributed by atoms with Gasteiger partial charge < -0.3 is 24.2 Å². The number of ether oxygens (including phenoxy) is 3. The van der Waals surface area contributed by atoms with Gasteiger partial charge in [-0.2, -0.15) is 0 Å². The lowest BCUT2D eigenvalue weighted by molar-refractivity contribution is 0.111. The molecule has 25 heavy (non-hydrogen) atoms. The standard InChI is InChI=1S/C19H29NO5/c1-23-17-10-18(24-2)16(13-22)19(25-3)15(17)7-5-9-20-8-4-6-14(11-20)12-21/h10,13-14,21H,4-9,11-12H2,1-3H3. The Hall–Kier alpha value is -1.79. The number of aldehydes is 1. The van der Waals surface area contributed by atoms with Crippen molar-refractivity contribution in [1.82, 2.24) is 4.90 Å². The average Bonchev–Trinajstić information content (AvgIpc) is 2.67. The summed E-state index contributed by atoms with van der Waals surface area (Å²) >= 11 is 0. The van der Waals surface area contributed by atoms with Crippen LogP contribution in [0.3, 0.4) is 0 Å². The fourth-order valence-electron chi connectivity index (χ4n) is 3.59. The summed E-state index contributed by atoms with van der Waals surface area (Å²) in [6, 6.07) is 1.74. The number of piperidine rings is 1. The monoisotopic (exact) mass is 351 g/mol. The van der Waals surface area contributed by atoms with Crippen molar-refractivity contribution >= 4 is 6.29 Å². The average molecular weight is 351 g/mol. The molecule has 2 rings (SSSR count). The Balaban J connectivity index is 2.11. The molecule has 140 valence electrons. The summed E-state index contributed by atoms with van der Waals surface area (Å²) in [5, 5.41) is 9.35. The first-order chi connectivity index (χ1) is 12.2. The molecule has 0 bridgehead atoms. The first kappa shape index (κ1) is 19.5. The van der Waals surface area contributed by atoms with Gasteiger partial charge in [0.2, 0.25) is 0 Å². The van der Waals surface area contributed by atoms with E-state index >= 15 is 0 Å². The SMILES string of the molecule is COc1cc(OC)c(CCCN2CCCC(CO)C2)c(OC)c1C=O. The van der Waals surface area contributed by atoms with Crippen molar-refractivity contribution in [1.29, 1.82) is 0 Å². The molecule has 1 fully saturated rings. The fourth-order valence-corrected chi connectivity index (χ4v) is 3.59. The normalized spacial score (nSPS) is 18.0. The Bertz CT molecular complexity index is 575. The molecule has 0 saturated carbocycles. The van der Waals surface area contributed by atoms with E-state index in [0.717, 1.165) is 57.2 Å². The molecule has 0 aromatic heterocycles. The van der Waals surface area contributed by atoms with Crippen LogP contribution in [0.2, 0.25) is 0 Å². The van der Waals surface area contributed by atoms with Crippen molar-refractivity contribution < 1.29 is 24.1 Å². The maximum absolute atomic E-state index is 11.5. The summed E-state index contributed by atoms with van der Waals surface area (Å²) < 4.78 is 16.3. The van der Waals surface area contributed by atoms with Crippen molar-refractivity contribution in [3.8, 4) is 17.2 Å². The van der Waals surface area contributed by atoms with E-state index in [1.807, 2.05) is 0 Å². The van der Waals surface area contributed by atoms with Crippen LogP contribution in [0, 0.1) is 5.92 Å². The molecule has 1 unspecified atom stereocenters. The Morgan fingerprint density at radius 1 is 1.24 bits per heavy atom. The number of carbonyl (C=O) groups is 1. The van der Waals surface area contributed by atoms with Gasteiger partial charge in [-0.25, -0.2) is 0 Å². The summed E-state index contributed by atoms with van der Waals surface area (Å²) in [6.45, 7) is 3.24. The molecule has 6 heteroatoms. The number of rotatable bonds is 9. The van der Waals surface area contributed by atoms with Crippen LogP contribution in [0.1, 0.15) is 35.2 Å². The molecule has 0 aliphatic carbocycles. The molecule has 1 aliphatic rings. The predicted molar refractivity (Wildman–Crippen MR) is 96.1 cm³/mol. The van der Waals surface area contributed by atoms with Gasteiger partial charge in [0.15, 0.2) is 6.29 Å². The molecule has 0 amide bonds. The minimum atomic E-state index is 0.263. The van der Waals surface area contributed by atoms with E-state index in [1.165, 1.54) is 7.11 Å². The molecule has 1 aromatic rings. The van der Waals surface area contributed by atoms with Crippen LogP contribution in [0.5, 0.6) is 17.2 Å². The lowest BCUT2D eigenvalue weighted by Gasteiger charge is -2.31. The molecular formula is C19H29NO5. The van der Waals surface area contributed by atoms with E-state index in [1.54, 1.807) is 20.3 Å². The highest BCUT2D eigenvalue weighted by molar-refractivity contribution is 5.85. The summed E-state index contributed by atoms with van der Waals surface area (Å²) in [4.78, 5) is 13.9. The van der Waals surface area contributed by atoms with Crippen molar-refractivity contribution in [2.24, 2.45) is 5.92 Å². The molecule has 1 heterocycles. The zero-order valence-corrected chi connectivity index (χ0v) is 15.4. The summed E-state index contributed by atoms with van der Waals surface area (Å²) in [5.74, 6) is 2.04. The van der Waals surface area contributed by atoms with Crippen LogP contribution in [-0.4, -0.2) is 63.9 Å². The van der Waals surface area contributed by atoms with Crippen molar-refractivity contribution in [3.63, 3.8) is 0 Å². The summed E-state index contributed by atoms with van der Waals surface area (Å²) in [6.07, 6.45) is 4.68. The molecule has 6 nitrogen and oxygen atoms in total. The molecule has 0 radical (unpaired) electrons. The second-order valence-corrected chi connectivity index (χ2v) is 6.42. The third-order valence-electron chi connectivity index (χ3n) is 4.87. The maximum Gasteiger partial charge on any atom is 0.157 e. The highest BCUT2D eigenvalue weighted by Crippen LogP contribution is 2.39. The minimum absolute atomic E-state index is 0.263. The van der Waals surface area contributed by atoms with Crippen LogP contribution < -0.4 is 14.2 Å². The van der Waals surface area contributed by atoms with E-state index in [2.05, 4.69) is 4.90 Å². The molecule has 0 spiro atoms. The van der Waals surface area contributed by atoms with Crippen LogP contribution in [0.15, 0.2) is 6.07 Å². The van der Waals surface area contributed by atoms with E-state index in [-0.39, 0.29) is 6.61 Å². The van der Waals surface area contributed by atoms with Crippen molar-refractivity contribution in [3.05, 3.63) is 17.2 Å². The first-order valence-electron chi connectivity index (χ1n) is 8.78. The zero-order chi connectivity index (χ0) is 18.2. The van der Waals surface area contributed by atoms with Gasteiger partial charge in [0.25, 0.3) is 0 Å². The zero-order valence-electron chi connectivity index (χ0n) is 15.4. The topological polar surface area (TPSA) is 68.2 Å². The maximum atomic E-state index is 11.5. The molecule has 1 aromatic carbocycles. The van der Waals surface area contributed by atoms with Gasteiger partial charge in [-0.3, -0.25) is 4.79 Å². The Labute approximate surface area is 149 Å². The summed E-state index contributed by atoms with van der Waals surface area (Å²) in [7, 11) is 4.69. The van der Waals surface area contributed by atoms with Gasteiger partial charge in [0.05, 0.1) is 26.9 Å². The third-order valence-corrected chi connectivity index (χ3v) is 4.87.